The van der Waals surface area contributed by atoms with E-state index >= 15 is 0 Å². The van der Waals surface area contributed by atoms with Gasteiger partial charge in [-0.15, -0.1) is 0 Å². The van der Waals surface area contributed by atoms with Crippen LogP contribution in [0, 0.1) is 5.92 Å². The van der Waals surface area contributed by atoms with Crippen molar-refractivity contribution in [1.82, 2.24) is 9.80 Å². The lowest BCUT2D eigenvalue weighted by atomic mass is 9.96. The first-order valence-corrected chi connectivity index (χ1v) is 10.2. The van der Waals surface area contributed by atoms with E-state index in [1.165, 1.54) is 4.90 Å². The van der Waals surface area contributed by atoms with Crippen LogP contribution < -0.4 is 0 Å². The number of carbonyl (C=O) groups excluding carboxylic acids is 3. The molecule has 1 aromatic rings. The molecule has 146 valence electrons. The number of carbonyl (C=O) groups is 3. The second-order valence-corrected chi connectivity index (χ2v) is 8.13. The highest BCUT2D eigenvalue weighted by atomic mass is 79.9. The molecule has 2 aliphatic heterocycles. The second-order valence-electron chi connectivity index (χ2n) is 7.22. The Bertz CT molecular complexity index is 731. The molecule has 7 heteroatoms. The summed E-state index contributed by atoms with van der Waals surface area (Å²) >= 11 is 3.32. The number of ether oxygens (including phenoxy) is 1. The Morgan fingerprint density at radius 3 is 2.67 bits per heavy atom. The number of benzene rings is 1. The number of nitrogens with zero attached hydrogens (tertiary/aromatic N) is 2. The van der Waals surface area contributed by atoms with E-state index in [4.69, 9.17) is 4.74 Å². The van der Waals surface area contributed by atoms with Gasteiger partial charge in [-0.05, 0) is 49.8 Å². The Kier molecular flexibility index (Phi) is 6.65. The first-order chi connectivity index (χ1) is 13.0. The molecule has 1 aromatic carbocycles. The normalized spacial score (nSPS) is 17.3. The van der Waals surface area contributed by atoms with Crippen LogP contribution in [0.5, 0.6) is 0 Å². The van der Waals surface area contributed by atoms with E-state index in [2.05, 4.69) is 15.9 Å². The van der Waals surface area contributed by atoms with Crippen LogP contribution in [0.25, 0.3) is 0 Å². The van der Waals surface area contributed by atoms with Crippen LogP contribution in [0.3, 0.4) is 0 Å². The highest BCUT2D eigenvalue weighted by Crippen LogP contribution is 2.26. The van der Waals surface area contributed by atoms with E-state index in [9.17, 15) is 14.4 Å². The van der Waals surface area contributed by atoms with Crippen molar-refractivity contribution in [1.29, 1.82) is 0 Å². The molecule has 0 atom stereocenters. The van der Waals surface area contributed by atoms with Gasteiger partial charge in [0, 0.05) is 44.2 Å². The zero-order chi connectivity index (χ0) is 19.4. The van der Waals surface area contributed by atoms with Crippen LogP contribution in [-0.4, -0.2) is 60.9 Å². The van der Waals surface area contributed by atoms with Crippen LogP contribution in [0.15, 0.2) is 22.7 Å². The van der Waals surface area contributed by atoms with Gasteiger partial charge < -0.3 is 9.64 Å². The Hall–Kier alpha value is -1.73. The molecule has 0 bridgehead atoms. The fourth-order valence-corrected chi connectivity index (χ4v) is 3.94. The Morgan fingerprint density at radius 1 is 1.22 bits per heavy atom. The average Bonchev–Trinajstić information content (AvgIpc) is 2.91. The summed E-state index contributed by atoms with van der Waals surface area (Å²) in [7, 11) is 1.82. The first kappa shape index (κ1) is 20.0. The fraction of sp³-hybridized carbons (Fsp3) is 0.550. The van der Waals surface area contributed by atoms with Crippen molar-refractivity contribution in [2.75, 3.05) is 33.4 Å². The predicted octanol–water partition coefficient (Wildman–Crippen LogP) is 3.10. The Morgan fingerprint density at radius 2 is 1.93 bits per heavy atom. The van der Waals surface area contributed by atoms with Crippen molar-refractivity contribution in [3.8, 4) is 0 Å². The lowest BCUT2D eigenvalue weighted by Crippen LogP contribution is -2.33. The number of imide groups is 1. The van der Waals surface area contributed by atoms with Gasteiger partial charge >= 0.3 is 0 Å². The lowest BCUT2D eigenvalue weighted by molar-refractivity contribution is -0.130. The van der Waals surface area contributed by atoms with E-state index < -0.39 is 0 Å². The van der Waals surface area contributed by atoms with E-state index in [0.29, 0.717) is 29.9 Å². The van der Waals surface area contributed by atoms with Crippen molar-refractivity contribution in [3.05, 3.63) is 33.8 Å². The smallest absolute Gasteiger partial charge is 0.261 e. The minimum absolute atomic E-state index is 0.0569. The highest BCUT2D eigenvalue weighted by molar-refractivity contribution is 9.10. The maximum atomic E-state index is 12.4. The molecule has 3 rings (SSSR count). The molecular weight excluding hydrogens is 412 g/mol. The van der Waals surface area contributed by atoms with Gasteiger partial charge in [0.05, 0.1) is 11.1 Å². The molecule has 0 unspecified atom stereocenters. The lowest BCUT2D eigenvalue weighted by Gasteiger charge is -2.25. The van der Waals surface area contributed by atoms with Crippen molar-refractivity contribution in [3.63, 3.8) is 0 Å². The summed E-state index contributed by atoms with van der Waals surface area (Å²) in [5.41, 5.74) is 0.859. The third-order valence-corrected chi connectivity index (χ3v) is 5.84. The van der Waals surface area contributed by atoms with E-state index in [0.717, 1.165) is 43.5 Å². The molecule has 0 saturated carbocycles. The topological polar surface area (TPSA) is 66.9 Å². The average molecular weight is 437 g/mol. The standard InChI is InChI=1S/C20H25BrN2O4/c1-22(10-6-14-7-11-27-12-8-14)18(24)3-2-9-23-19(25)16-5-4-15(21)13-17(16)20(23)26/h4-5,13-14H,2-3,6-12H2,1H3. The van der Waals surface area contributed by atoms with Gasteiger partial charge in [0.25, 0.3) is 11.8 Å². The summed E-state index contributed by atoms with van der Waals surface area (Å²) < 4.78 is 6.13. The van der Waals surface area contributed by atoms with Gasteiger partial charge in [-0.1, -0.05) is 15.9 Å². The molecule has 27 heavy (non-hydrogen) atoms. The Balaban J connectivity index is 1.43. The number of fused-ring (bicyclic) bond motifs is 1. The number of rotatable bonds is 7. The minimum atomic E-state index is -0.281. The summed E-state index contributed by atoms with van der Waals surface area (Å²) in [5, 5.41) is 0. The molecule has 2 aliphatic rings. The van der Waals surface area contributed by atoms with E-state index in [-0.39, 0.29) is 24.3 Å². The Labute approximate surface area is 168 Å². The summed E-state index contributed by atoms with van der Waals surface area (Å²) in [6.07, 6.45) is 3.95. The van der Waals surface area contributed by atoms with Crippen LogP contribution >= 0.6 is 15.9 Å². The fourth-order valence-electron chi connectivity index (χ4n) is 3.58. The summed E-state index contributed by atoms with van der Waals surface area (Å²) in [4.78, 5) is 40.1. The van der Waals surface area contributed by atoms with E-state index in [1.54, 1.807) is 23.1 Å². The third kappa shape index (κ3) is 4.76. The molecular formula is C20H25BrN2O4. The largest absolute Gasteiger partial charge is 0.381 e. The quantitative estimate of drug-likeness (QED) is 0.615. The van der Waals surface area contributed by atoms with Crippen LogP contribution in [0.2, 0.25) is 0 Å². The molecule has 0 N–H and O–H groups in total. The van der Waals surface area contributed by atoms with Gasteiger partial charge in [-0.2, -0.15) is 0 Å². The zero-order valence-corrected chi connectivity index (χ0v) is 17.2. The molecule has 0 aliphatic carbocycles. The van der Waals surface area contributed by atoms with Crippen LogP contribution in [0.1, 0.15) is 52.8 Å². The molecule has 1 fully saturated rings. The first-order valence-electron chi connectivity index (χ1n) is 9.45. The van der Waals surface area contributed by atoms with Gasteiger partial charge in [0.2, 0.25) is 5.91 Å². The molecule has 6 nitrogen and oxygen atoms in total. The van der Waals surface area contributed by atoms with Gasteiger partial charge in [0.15, 0.2) is 0 Å². The van der Waals surface area contributed by atoms with Crippen molar-refractivity contribution >= 4 is 33.7 Å². The number of halogens is 1. The molecule has 3 amide bonds. The third-order valence-electron chi connectivity index (χ3n) is 5.34. The summed E-state index contributed by atoms with van der Waals surface area (Å²) in [5.74, 6) is 0.132. The van der Waals surface area contributed by atoms with Crippen molar-refractivity contribution in [2.24, 2.45) is 5.92 Å². The SMILES string of the molecule is CN(CCC1CCOCC1)C(=O)CCCN1C(=O)c2ccc(Br)cc2C1=O. The van der Waals surface area contributed by atoms with Gasteiger partial charge in [0.1, 0.15) is 0 Å². The van der Waals surface area contributed by atoms with Gasteiger partial charge in [-0.25, -0.2) is 0 Å². The monoisotopic (exact) mass is 436 g/mol. The number of hydrogen-bond acceptors (Lipinski definition) is 4. The zero-order valence-electron chi connectivity index (χ0n) is 15.6. The second kappa shape index (κ2) is 8.97. The van der Waals surface area contributed by atoms with Crippen molar-refractivity contribution in [2.45, 2.75) is 32.1 Å². The van der Waals surface area contributed by atoms with Crippen molar-refractivity contribution < 1.29 is 19.1 Å². The molecule has 0 radical (unpaired) electrons. The maximum Gasteiger partial charge on any atom is 0.261 e. The highest BCUT2D eigenvalue weighted by Gasteiger charge is 2.35. The summed E-state index contributed by atoms with van der Waals surface area (Å²) in [6, 6.07) is 5.09. The van der Waals surface area contributed by atoms with Crippen LogP contribution in [0.4, 0.5) is 0 Å². The van der Waals surface area contributed by atoms with Crippen LogP contribution in [-0.2, 0) is 9.53 Å². The molecule has 0 aromatic heterocycles. The predicted molar refractivity (Wildman–Crippen MR) is 105 cm³/mol. The molecule has 2 heterocycles. The molecule has 1 saturated heterocycles. The number of amides is 3. The summed E-state index contributed by atoms with van der Waals surface area (Å²) in [6.45, 7) is 2.65. The minimum Gasteiger partial charge on any atom is -0.381 e. The van der Waals surface area contributed by atoms with E-state index in [1.807, 2.05) is 7.05 Å². The molecule has 0 spiro atoms. The van der Waals surface area contributed by atoms with Gasteiger partial charge in [-0.3, -0.25) is 19.3 Å². The maximum absolute atomic E-state index is 12.4. The number of hydrogen-bond donors (Lipinski definition) is 0.